The molecular weight excluding hydrogens is 370 g/mol. The van der Waals surface area contributed by atoms with Crippen LogP contribution in [0.2, 0.25) is 0 Å². The summed E-state index contributed by atoms with van der Waals surface area (Å²) in [4.78, 5) is 27.4. The van der Waals surface area contributed by atoms with E-state index in [1.165, 1.54) is 24.3 Å². The second-order valence-electron chi connectivity index (χ2n) is 6.13. The third kappa shape index (κ3) is 3.86. The molecule has 8 heteroatoms. The summed E-state index contributed by atoms with van der Waals surface area (Å²) >= 11 is 0. The molecule has 0 unspecified atom stereocenters. The lowest BCUT2D eigenvalue weighted by Crippen LogP contribution is -2.14. The van der Waals surface area contributed by atoms with Crippen molar-refractivity contribution in [3.05, 3.63) is 101 Å². The summed E-state index contributed by atoms with van der Waals surface area (Å²) in [7, 11) is 0. The van der Waals surface area contributed by atoms with Crippen LogP contribution >= 0.6 is 0 Å². The zero-order valence-electron chi connectivity index (χ0n) is 15.1. The molecule has 1 aromatic heterocycles. The third-order valence-electron chi connectivity index (χ3n) is 4.18. The number of carbonyl (C=O) groups excluding carboxylic acids is 1. The number of hydrogen-bond acceptors (Lipinski definition) is 5. The minimum Gasteiger partial charge on any atom is -0.319 e. The average molecular weight is 385 g/mol. The second kappa shape index (κ2) is 7.73. The topological polar surface area (TPSA) is 103 Å². The molecule has 3 aromatic carbocycles. The molecule has 1 amide bonds. The maximum atomic E-state index is 12.7. The van der Waals surface area contributed by atoms with Crippen molar-refractivity contribution < 1.29 is 9.72 Å². The molecule has 4 aromatic rings. The minimum atomic E-state index is -0.509. The lowest BCUT2D eigenvalue weighted by molar-refractivity contribution is -0.384. The molecule has 142 valence electrons. The van der Waals surface area contributed by atoms with Gasteiger partial charge in [0.2, 0.25) is 5.82 Å². The SMILES string of the molecule is O=C(Nc1ccc([N+](=O)[O-])cc1)c1nc(-c2ccccc2)n(-c2ccccc2)n1. The van der Waals surface area contributed by atoms with E-state index in [1.807, 2.05) is 60.7 Å². The monoisotopic (exact) mass is 385 g/mol. The van der Waals surface area contributed by atoms with Gasteiger partial charge in [-0.2, -0.15) is 0 Å². The van der Waals surface area contributed by atoms with Crippen molar-refractivity contribution in [2.75, 3.05) is 5.32 Å². The van der Waals surface area contributed by atoms with Crippen LogP contribution in [0, 0.1) is 10.1 Å². The molecule has 1 heterocycles. The Balaban J connectivity index is 1.68. The normalized spacial score (nSPS) is 10.5. The van der Waals surface area contributed by atoms with E-state index < -0.39 is 10.8 Å². The number of nitrogens with zero attached hydrogens (tertiary/aromatic N) is 4. The number of rotatable bonds is 5. The average Bonchev–Trinajstić information content (AvgIpc) is 3.21. The van der Waals surface area contributed by atoms with Crippen molar-refractivity contribution in [3.63, 3.8) is 0 Å². The van der Waals surface area contributed by atoms with Crippen LogP contribution in [0.4, 0.5) is 11.4 Å². The highest BCUT2D eigenvalue weighted by molar-refractivity contribution is 6.01. The van der Waals surface area contributed by atoms with Crippen molar-refractivity contribution in [3.8, 4) is 17.1 Å². The summed E-state index contributed by atoms with van der Waals surface area (Å²) in [5.41, 5.74) is 1.95. The number of hydrogen-bond donors (Lipinski definition) is 1. The summed E-state index contributed by atoms with van der Waals surface area (Å²) in [5, 5.41) is 17.8. The predicted octanol–water partition coefficient (Wildman–Crippen LogP) is 4.09. The Hall–Kier alpha value is -4.33. The molecule has 0 aliphatic rings. The Morgan fingerprint density at radius 3 is 2.14 bits per heavy atom. The molecule has 0 atom stereocenters. The first-order valence-corrected chi connectivity index (χ1v) is 8.75. The standard InChI is InChI=1S/C21H15N5O3/c27-21(22-16-11-13-18(14-12-16)26(28)29)19-23-20(15-7-3-1-4-8-15)25(24-19)17-9-5-2-6-10-17/h1-14H,(H,22,27). The van der Waals surface area contributed by atoms with Crippen LogP contribution in [0.15, 0.2) is 84.9 Å². The first kappa shape index (κ1) is 18.1. The van der Waals surface area contributed by atoms with Crippen molar-refractivity contribution in [2.24, 2.45) is 0 Å². The largest absolute Gasteiger partial charge is 0.319 e. The Bertz CT molecular complexity index is 1100. The molecule has 29 heavy (non-hydrogen) atoms. The minimum absolute atomic E-state index is 0.00828. The number of para-hydroxylation sites is 1. The first-order chi connectivity index (χ1) is 14.1. The number of nitrogens with one attached hydrogen (secondary N) is 1. The number of anilines is 1. The fourth-order valence-corrected chi connectivity index (χ4v) is 2.79. The summed E-state index contributed by atoms with van der Waals surface area (Å²) < 4.78 is 1.61. The zero-order valence-corrected chi connectivity index (χ0v) is 15.1. The molecule has 4 rings (SSSR count). The van der Waals surface area contributed by atoms with E-state index in [1.54, 1.807) is 4.68 Å². The van der Waals surface area contributed by atoms with E-state index in [9.17, 15) is 14.9 Å². The van der Waals surface area contributed by atoms with Gasteiger partial charge in [0.05, 0.1) is 10.6 Å². The van der Waals surface area contributed by atoms with E-state index in [0.29, 0.717) is 11.5 Å². The second-order valence-corrected chi connectivity index (χ2v) is 6.13. The van der Waals surface area contributed by atoms with Gasteiger partial charge in [-0.15, -0.1) is 5.10 Å². The van der Waals surface area contributed by atoms with Crippen molar-refractivity contribution >= 4 is 17.3 Å². The van der Waals surface area contributed by atoms with Gasteiger partial charge in [-0.1, -0.05) is 48.5 Å². The summed E-state index contributed by atoms with van der Waals surface area (Å²) in [6.07, 6.45) is 0. The molecule has 0 fully saturated rings. The van der Waals surface area contributed by atoms with Gasteiger partial charge in [0.25, 0.3) is 11.6 Å². The van der Waals surface area contributed by atoms with Gasteiger partial charge in [0, 0.05) is 23.4 Å². The molecule has 0 saturated heterocycles. The number of aromatic nitrogens is 3. The van der Waals surface area contributed by atoms with Gasteiger partial charge in [0.15, 0.2) is 5.82 Å². The van der Waals surface area contributed by atoms with E-state index >= 15 is 0 Å². The number of benzene rings is 3. The highest BCUT2D eigenvalue weighted by Gasteiger charge is 2.19. The highest BCUT2D eigenvalue weighted by Crippen LogP contribution is 2.22. The Labute approximate surface area is 165 Å². The van der Waals surface area contributed by atoms with Crippen LogP contribution in [0.5, 0.6) is 0 Å². The van der Waals surface area contributed by atoms with Gasteiger partial charge in [-0.3, -0.25) is 14.9 Å². The number of carbonyl (C=O) groups is 1. The molecule has 8 nitrogen and oxygen atoms in total. The van der Waals surface area contributed by atoms with Crippen LogP contribution < -0.4 is 5.32 Å². The van der Waals surface area contributed by atoms with Gasteiger partial charge >= 0.3 is 0 Å². The van der Waals surface area contributed by atoms with E-state index in [4.69, 9.17) is 0 Å². The Morgan fingerprint density at radius 2 is 1.52 bits per heavy atom. The Morgan fingerprint density at radius 1 is 0.897 bits per heavy atom. The highest BCUT2D eigenvalue weighted by atomic mass is 16.6. The van der Waals surface area contributed by atoms with Gasteiger partial charge in [-0.05, 0) is 24.3 Å². The third-order valence-corrected chi connectivity index (χ3v) is 4.18. The summed E-state index contributed by atoms with van der Waals surface area (Å²) in [5.74, 6) is 0.0161. The van der Waals surface area contributed by atoms with Crippen molar-refractivity contribution in [2.45, 2.75) is 0 Å². The van der Waals surface area contributed by atoms with Gasteiger partial charge in [-0.25, -0.2) is 9.67 Å². The Kier molecular flexibility index (Phi) is 4.81. The molecule has 0 bridgehead atoms. The number of nitro groups is 1. The van der Waals surface area contributed by atoms with E-state index in [0.717, 1.165) is 11.3 Å². The predicted molar refractivity (Wildman–Crippen MR) is 108 cm³/mol. The molecule has 0 spiro atoms. The van der Waals surface area contributed by atoms with Gasteiger partial charge < -0.3 is 5.32 Å². The lowest BCUT2D eigenvalue weighted by Gasteiger charge is -2.05. The maximum Gasteiger partial charge on any atom is 0.295 e. The zero-order chi connectivity index (χ0) is 20.2. The van der Waals surface area contributed by atoms with Crippen molar-refractivity contribution in [1.29, 1.82) is 0 Å². The summed E-state index contributed by atoms with van der Waals surface area (Å²) in [6, 6.07) is 24.4. The van der Waals surface area contributed by atoms with E-state index in [2.05, 4.69) is 15.4 Å². The first-order valence-electron chi connectivity index (χ1n) is 8.75. The molecule has 0 aliphatic heterocycles. The van der Waals surface area contributed by atoms with Crippen LogP contribution in [-0.4, -0.2) is 25.6 Å². The quantitative estimate of drug-likeness (QED) is 0.412. The van der Waals surface area contributed by atoms with Crippen molar-refractivity contribution in [1.82, 2.24) is 14.8 Å². The molecule has 1 N–H and O–H groups in total. The molecular formula is C21H15N5O3. The smallest absolute Gasteiger partial charge is 0.295 e. The van der Waals surface area contributed by atoms with E-state index in [-0.39, 0.29) is 11.5 Å². The number of nitro benzene ring substituents is 1. The number of amides is 1. The lowest BCUT2D eigenvalue weighted by atomic mass is 10.2. The van der Waals surface area contributed by atoms with Crippen LogP contribution in [0.3, 0.4) is 0 Å². The van der Waals surface area contributed by atoms with Crippen LogP contribution in [0.1, 0.15) is 10.6 Å². The summed E-state index contributed by atoms with van der Waals surface area (Å²) in [6.45, 7) is 0. The molecule has 0 radical (unpaired) electrons. The van der Waals surface area contributed by atoms with Gasteiger partial charge in [0.1, 0.15) is 0 Å². The molecule has 0 saturated carbocycles. The number of non-ortho nitro benzene ring substituents is 1. The fraction of sp³-hybridized carbons (Fsp3) is 0. The maximum absolute atomic E-state index is 12.7. The molecule has 0 aliphatic carbocycles. The fourth-order valence-electron chi connectivity index (χ4n) is 2.79. The van der Waals surface area contributed by atoms with Crippen LogP contribution in [0.25, 0.3) is 17.1 Å². The van der Waals surface area contributed by atoms with Crippen LogP contribution in [-0.2, 0) is 0 Å².